The molecule has 1 N–H and O–H groups in total. The molecule has 0 unspecified atom stereocenters. The number of thioether (sulfide) groups is 1. The highest BCUT2D eigenvalue weighted by atomic mass is 32.2. The van der Waals surface area contributed by atoms with Gasteiger partial charge in [0.05, 0.1) is 6.42 Å². The minimum absolute atomic E-state index is 0.0663. The molecule has 2 nitrogen and oxygen atoms in total. The summed E-state index contributed by atoms with van der Waals surface area (Å²) in [5.74, 6) is -0.796. The Bertz CT molecular complexity index is 550. The zero-order valence-electron chi connectivity index (χ0n) is 10.1. The summed E-state index contributed by atoms with van der Waals surface area (Å²) in [6.07, 6.45) is 2.03. The zero-order valence-corrected chi connectivity index (χ0v) is 10.9. The van der Waals surface area contributed by atoms with E-state index in [2.05, 4.69) is 0 Å². The van der Waals surface area contributed by atoms with Crippen molar-refractivity contribution >= 4 is 17.7 Å². The van der Waals surface area contributed by atoms with E-state index < -0.39 is 5.97 Å². The Balaban J connectivity index is 2.42. The van der Waals surface area contributed by atoms with E-state index in [0.29, 0.717) is 0 Å². The van der Waals surface area contributed by atoms with Gasteiger partial charge in [-0.2, -0.15) is 0 Å². The first kappa shape index (κ1) is 12.7. The van der Waals surface area contributed by atoms with Crippen LogP contribution in [0.2, 0.25) is 0 Å². The first-order valence-corrected chi connectivity index (χ1v) is 6.87. The van der Waals surface area contributed by atoms with Crippen molar-refractivity contribution in [3.8, 4) is 11.1 Å². The molecular formula is C15H14O2S. The summed E-state index contributed by atoms with van der Waals surface area (Å²) in [6.45, 7) is 0. The molecule has 0 saturated carbocycles. The molecule has 18 heavy (non-hydrogen) atoms. The summed E-state index contributed by atoms with van der Waals surface area (Å²) < 4.78 is 0. The lowest BCUT2D eigenvalue weighted by Crippen LogP contribution is -2.01. The first-order chi connectivity index (χ1) is 8.70. The highest BCUT2D eigenvalue weighted by Crippen LogP contribution is 2.27. The highest BCUT2D eigenvalue weighted by Gasteiger charge is 2.08. The number of carboxylic acid groups (broad SMARTS) is 1. The van der Waals surface area contributed by atoms with Crippen molar-refractivity contribution in [1.82, 2.24) is 0 Å². The summed E-state index contributed by atoms with van der Waals surface area (Å²) in [6, 6.07) is 16.0. The van der Waals surface area contributed by atoms with Crippen LogP contribution >= 0.6 is 11.8 Å². The smallest absolute Gasteiger partial charge is 0.307 e. The Morgan fingerprint density at radius 2 is 1.83 bits per heavy atom. The third kappa shape index (κ3) is 2.93. The Labute approximate surface area is 111 Å². The second-order valence-electron chi connectivity index (χ2n) is 3.96. The molecule has 92 valence electrons. The van der Waals surface area contributed by atoms with Crippen molar-refractivity contribution in [2.45, 2.75) is 11.3 Å². The summed E-state index contributed by atoms with van der Waals surface area (Å²) >= 11 is 1.58. The molecular weight excluding hydrogens is 244 g/mol. The summed E-state index contributed by atoms with van der Waals surface area (Å²) in [7, 11) is 0. The van der Waals surface area contributed by atoms with Gasteiger partial charge in [-0.3, -0.25) is 4.79 Å². The fourth-order valence-electron chi connectivity index (χ4n) is 1.89. The number of aliphatic carboxylic acids is 1. The van der Waals surface area contributed by atoms with Gasteiger partial charge < -0.3 is 5.11 Å². The van der Waals surface area contributed by atoms with Crippen LogP contribution in [0.3, 0.4) is 0 Å². The molecule has 0 atom stereocenters. The van der Waals surface area contributed by atoms with Crippen LogP contribution in [-0.2, 0) is 11.2 Å². The third-order valence-electron chi connectivity index (χ3n) is 2.73. The van der Waals surface area contributed by atoms with Gasteiger partial charge in [0, 0.05) is 4.90 Å². The van der Waals surface area contributed by atoms with E-state index in [9.17, 15) is 4.79 Å². The highest BCUT2D eigenvalue weighted by molar-refractivity contribution is 7.98. The average molecular weight is 258 g/mol. The monoisotopic (exact) mass is 258 g/mol. The number of carbonyl (C=O) groups is 1. The third-order valence-corrected chi connectivity index (χ3v) is 3.57. The molecule has 0 amide bonds. The number of hydrogen-bond acceptors (Lipinski definition) is 2. The van der Waals surface area contributed by atoms with Gasteiger partial charge in [0.25, 0.3) is 0 Å². The quantitative estimate of drug-likeness (QED) is 0.850. The molecule has 0 radical (unpaired) electrons. The zero-order chi connectivity index (χ0) is 13.0. The standard InChI is InChI=1S/C15H14O2S/c1-18-14-8-7-12(9-13(14)10-15(16)17)11-5-3-2-4-6-11/h2-9H,10H2,1H3,(H,16,17). The Morgan fingerprint density at radius 3 is 2.44 bits per heavy atom. The molecule has 0 aliphatic carbocycles. The maximum Gasteiger partial charge on any atom is 0.307 e. The van der Waals surface area contributed by atoms with Crippen LogP contribution in [0, 0.1) is 0 Å². The number of rotatable bonds is 4. The second kappa shape index (κ2) is 5.74. The van der Waals surface area contributed by atoms with Crippen LogP contribution in [0.15, 0.2) is 53.4 Å². The molecule has 0 heterocycles. The Morgan fingerprint density at radius 1 is 1.11 bits per heavy atom. The van der Waals surface area contributed by atoms with Crippen molar-refractivity contribution in [2.24, 2.45) is 0 Å². The summed E-state index contributed by atoms with van der Waals surface area (Å²) in [5.41, 5.74) is 3.04. The molecule has 0 aliphatic heterocycles. The van der Waals surface area contributed by atoms with E-state index in [-0.39, 0.29) is 6.42 Å². The Kier molecular flexibility index (Phi) is 4.05. The predicted molar refractivity (Wildman–Crippen MR) is 75.0 cm³/mol. The van der Waals surface area contributed by atoms with Crippen LogP contribution in [0.25, 0.3) is 11.1 Å². The van der Waals surface area contributed by atoms with Crippen molar-refractivity contribution in [3.63, 3.8) is 0 Å². The van der Waals surface area contributed by atoms with E-state index in [4.69, 9.17) is 5.11 Å². The largest absolute Gasteiger partial charge is 0.481 e. The van der Waals surface area contributed by atoms with Gasteiger partial charge in [-0.05, 0) is 35.1 Å². The molecule has 0 bridgehead atoms. The van der Waals surface area contributed by atoms with Crippen molar-refractivity contribution < 1.29 is 9.90 Å². The normalized spacial score (nSPS) is 10.3. The van der Waals surface area contributed by atoms with Crippen molar-refractivity contribution in [2.75, 3.05) is 6.26 Å². The van der Waals surface area contributed by atoms with Gasteiger partial charge >= 0.3 is 5.97 Å². The molecule has 0 aromatic heterocycles. The van der Waals surface area contributed by atoms with Gasteiger partial charge in [0.1, 0.15) is 0 Å². The molecule has 2 aromatic carbocycles. The summed E-state index contributed by atoms with van der Waals surface area (Å²) in [5, 5.41) is 8.94. The fraction of sp³-hybridized carbons (Fsp3) is 0.133. The predicted octanol–water partition coefficient (Wildman–Crippen LogP) is 3.70. The van der Waals surface area contributed by atoms with Crippen molar-refractivity contribution in [3.05, 3.63) is 54.1 Å². The molecule has 0 saturated heterocycles. The minimum Gasteiger partial charge on any atom is -0.481 e. The van der Waals surface area contributed by atoms with E-state index in [1.165, 1.54) is 0 Å². The lowest BCUT2D eigenvalue weighted by molar-refractivity contribution is -0.136. The maximum atomic E-state index is 10.9. The lowest BCUT2D eigenvalue weighted by Gasteiger charge is -2.08. The van der Waals surface area contributed by atoms with Gasteiger partial charge in [0.2, 0.25) is 0 Å². The van der Waals surface area contributed by atoms with Gasteiger partial charge in [-0.15, -0.1) is 11.8 Å². The minimum atomic E-state index is -0.796. The van der Waals surface area contributed by atoms with Gasteiger partial charge in [-0.25, -0.2) is 0 Å². The van der Waals surface area contributed by atoms with E-state index in [1.54, 1.807) is 11.8 Å². The van der Waals surface area contributed by atoms with Gasteiger partial charge in [-0.1, -0.05) is 36.4 Å². The van der Waals surface area contributed by atoms with Crippen LogP contribution in [-0.4, -0.2) is 17.3 Å². The van der Waals surface area contributed by atoms with Crippen LogP contribution in [0.4, 0.5) is 0 Å². The first-order valence-electron chi connectivity index (χ1n) is 5.65. The van der Waals surface area contributed by atoms with E-state index >= 15 is 0 Å². The average Bonchev–Trinajstić information content (AvgIpc) is 2.39. The molecule has 0 fully saturated rings. The van der Waals surface area contributed by atoms with Crippen molar-refractivity contribution in [1.29, 1.82) is 0 Å². The molecule has 0 aliphatic rings. The fourth-order valence-corrected chi connectivity index (χ4v) is 2.49. The maximum absolute atomic E-state index is 10.9. The van der Waals surface area contributed by atoms with E-state index in [0.717, 1.165) is 21.6 Å². The molecule has 3 heteroatoms. The van der Waals surface area contributed by atoms with Crippen LogP contribution in [0.5, 0.6) is 0 Å². The molecule has 2 rings (SSSR count). The topological polar surface area (TPSA) is 37.3 Å². The number of carboxylic acids is 1. The summed E-state index contributed by atoms with van der Waals surface area (Å²) in [4.78, 5) is 11.9. The van der Waals surface area contributed by atoms with Crippen LogP contribution < -0.4 is 0 Å². The second-order valence-corrected chi connectivity index (χ2v) is 4.81. The molecule has 2 aromatic rings. The van der Waals surface area contributed by atoms with Crippen LogP contribution in [0.1, 0.15) is 5.56 Å². The SMILES string of the molecule is CSc1ccc(-c2ccccc2)cc1CC(=O)O. The Hall–Kier alpha value is -1.74. The van der Waals surface area contributed by atoms with E-state index in [1.807, 2.05) is 54.8 Å². The number of hydrogen-bond donors (Lipinski definition) is 1. The van der Waals surface area contributed by atoms with Gasteiger partial charge in [0.15, 0.2) is 0 Å². The number of benzene rings is 2. The molecule has 0 spiro atoms. The lowest BCUT2D eigenvalue weighted by atomic mass is 10.0.